The van der Waals surface area contributed by atoms with Crippen molar-refractivity contribution in [1.29, 1.82) is 0 Å². The number of nitrogens with one attached hydrogen (secondary N) is 1. The summed E-state index contributed by atoms with van der Waals surface area (Å²) in [5.41, 5.74) is 8.28. The lowest BCUT2D eigenvalue weighted by molar-refractivity contribution is -0.128. The zero-order valence-corrected chi connectivity index (χ0v) is 8.66. The summed E-state index contributed by atoms with van der Waals surface area (Å²) in [7, 11) is 0. The fourth-order valence-electron chi connectivity index (χ4n) is 1.30. The molecule has 0 aliphatic carbocycles. The zero-order valence-electron chi connectivity index (χ0n) is 8.66. The maximum Gasteiger partial charge on any atom is 0.234 e. The van der Waals surface area contributed by atoms with E-state index in [0.717, 1.165) is 13.1 Å². The Bertz CT molecular complexity index is 181. The third kappa shape index (κ3) is 4.04. The van der Waals surface area contributed by atoms with Crippen LogP contribution in [0.25, 0.3) is 0 Å². The van der Waals surface area contributed by atoms with E-state index in [9.17, 15) is 4.79 Å². The number of amides is 1. The number of hydrogen-bond donors (Lipinski definition) is 2. The summed E-state index contributed by atoms with van der Waals surface area (Å²) in [5.74, 6) is 0.292. The first kappa shape index (κ1) is 11.4. The van der Waals surface area contributed by atoms with Crippen LogP contribution < -0.4 is 11.2 Å². The fourth-order valence-corrected chi connectivity index (χ4v) is 1.30. The van der Waals surface area contributed by atoms with Crippen molar-refractivity contribution in [1.82, 2.24) is 10.4 Å². The summed E-state index contributed by atoms with van der Waals surface area (Å²) in [4.78, 5) is 11.4. The third-order valence-corrected chi connectivity index (χ3v) is 2.23. The van der Waals surface area contributed by atoms with Crippen LogP contribution in [-0.2, 0) is 9.53 Å². The highest BCUT2D eigenvalue weighted by Gasteiger charge is 2.14. The van der Waals surface area contributed by atoms with Gasteiger partial charge in [-0.25, -0.2) is 5.01 Å². The second-order valence-corrected chi connectivity index (χ2v) is 3.68. The largest absolute Gasteiger partial charge is 0.379 e. The average molecular weight is 201 g/mol. The Hall–Kier alpha value is -0.650. The van der Waals surface area contributed by atoms with Gasteiger partial charge in [0.2, 0.25) is 5.91 Å². The highest BCUT2D eigenvalue weighted by Crippen LogP contribution is 1.99. The van der Waals surface area contributed by atoms with E-state index in [-0.39, 0.29) is 11.8 Å². The van der Waals surface area contributed by atoms with Crippen LogP contribution in [-0.4, -0.2) is 43.8 Å². The van der Waals surface area contributed by atoms with Crippen LogP contribution in [0.5, 0.6) is 0 Å². The molecular formula is C9H19N3O2. The fraction of sp³-hybridized carbons (Fsp3) is 0.889. The number of nitrogens with two attached hydrogens (primary N) is 1. The van der Waals surface area contributed by atoms with E-state index in [4.69, 9.17) is 10.5 Å². The molecule has 1 fully saturated rings. The van der Waals surface area contributed by atoms with Crippen molar-refractivity contribution in [3.63, 3.8) is 0 Å². The highest BCUT2D eigenvalue weighted by molar-refractivity contribution is 5.75. The van der Waals surface area contributed by atoms with Gasteiger partial charge in [0.1, 0.15) is 0 Å². The molecule has 1 amide bonds. The van der Waals surface area contributed by atoms with Crippen LogP contribution in [0.4, 0.5) is 0 Å². The lowest BCUT2D eigenvalue weighted by atomic mass is 10.1. The number of carbonyl (C=O) groups excluding carboxylic acids is 1. The van der Waals surface area contributed by atoms with Gasteiger partial charge in [0.25, 0.3) is 0 Å². The Balaban J connectivity index is 2.18. The minimum atomic E-state index is 0.0462. The van der Waals surface area contributed by atoms with Crippen LogP contribution in [0.15, 0.2) is 0 Å². The topological polar surface area (TPSA) is 67.6 Å². The minimum Gasteiger partial charge on any atom is -0.379 e. The lowest BCUT2D eigenvalue weighted by Gasteiger charge is -2.27. The molecule has 82 valence electrons. The molecule has 3 N–H and O–H groups in total. The molecule has 1 saturated heterocycles. The van der Waals surface area contributed by atoms with Gasteiger partial charge in [-0.05, 0) is 12.5 Å². The molecule has 0 spiro atoms. The number of ether oxygens (including phenoxy) is 1. The van der Waals surface area contributed by atoms with Gasteiger partial charge in [0.15, 0.2) is 0 Å². The number of carbonyl (C=O) groups is 1. The van der Waals surface area contributed by atoms with Gasteiger partial charge in [-0.3, -0.25) is 10.2 Å². The molecule has 0 unspecified atom stereocenters. The van der Waals surface area contributed by atoms with E-state index < -0.39 is 0 Å². The highest BCUT2D eigenvalue weighted by atomic mass is 16.5. The molecule has 0 aromatic rings. The molecule has 0 saturated carbocycles. The average Bonchev–Trinajstić information content (AvgIpc) is 2.19. The summed E-state index contributed by atoms with van der Waals surface area (Å²) in [5, 5.41) is 1.90. The van der Waals surface area contributed by atoms with Crippen LogP contribution in [0, 0.1) is 5.92 Å². The van der Waals surface area contributed by atoms with E-state index in [2.05, 4.69) is 5.43 Å². The monoisotopic (exact) mass is 201 g/mol. The maximum atomic E-state index is 11.4. The van der Waals surface area contributed by atoms with Gasteiger partial charge in [0.05, 0.1) is 13.2 Å². The normalized spacial score (nSPS) is 20.4. The summed E-state index contributed by atoms with van der Waals surface area (Å²) >= 11 is 0. The maximum absolute atomic E-state index is 11.4. The van der Waals surface area contributed by atoms with Gasteiger partial charge < -0.3 is 10.5 Å². The van der Waals surface area contributed by atoms with Crippen molar-refractivity contribution in [2.75, 3.05) is 32.8 Å². The lowest BCUT2D eigenvalue weighted by Crippen LogP contribution is -2.48. The van der Waals surface area contributed by atoms with Crippen molar-refractivity contribution < 1.29 is 9.53 Å². The van der Waals surface area contributed by atoms with E-state index in [0.29, 0.717) is 26.2 Å². The van der Waals surface area contributed by atoms with E-state index in [1.807, 2.05) is 11.9 Å². The standard InChI is InChI=1S/C9H19N3O2/c1-8(7-10)6-9(13)11-12-2-4-14-5-3-12/h8H,2-7,10H2,1H3,(H,11,13)/t8-/m0/s1. The summed E-state index contributed by atoms with van der Waals surface area (Å²) in [6.07, 6.45) is 0.494. The van der Waals surface area contributed by atoms with Crippen molar-refractivity contribution >= 4 is 5.91 Å². The van der Waals surface area contributed by atoms with Gasteiger partial charge in [-0.1, -0.05) is 6.92 Å². The Morgan fingerprint density at radius 3 is 2.79 bits per heavy atom. The Kier molecular flexibility index (Phi) is 4.86. The third-order valence-electron chi connectivity index (χ3n) is 2.23. The second-order valence-electron chi connectivity index (χ2n) is 3.68. The van der Waals surface area contributed by atoms with Crippen LogP contribution >= 0.6 is 0 Å². The van der Waals surface area contributed by atoms with Crippen molar-refractivity contribution in [3.8, 4) is 0 Å². The zero-order chi connectivity index (χ0) is 10.4. The summed E-state index contributed by atoms with van der Waals surface area (Å²) in [6.45, 7) is 5.43. The summed E-state index contributed by atoms with van der Waals surface area (Å²) < 4.78 is 5.17. The second kappa shape index (κ2) is 5.95. The number of rotatable bonds is 4. The van der Waals surface area contributed by atoms with Crippen LogP contribution in [0.2, 0.25) is 0 Å². The van der Waals surface area contributed by atoms with Crippen molar-refractivity contribution in [2.24, 2.45) is 11.7 Å². The Morgan fingerprint density at radius 1 is 1.57 bits per heavy atom. The minimum absolute atomic E-state index is 0.0462. The Morgan fingerprint density at radius 2 is 2.21 bits per heavy atom. The first-order chi connectivity index (χ1) is 6.72. The van der Waals surface area contributed by atoms with Crippen LogP contribution in [0.3, 0.4) is 0 Å². The molecule has 1 rings (SSSR count). The molecule has 1 atom stereocenters. The van der Waals surface area contributed by atoms with Gasteiger partial charge in [-0.2, -0.15) is 0 Å². The number of hydrogen-bond acceptors (Lipinski definition) is 4. The van der Waals surface area contributed by atoms with E-state index in [1.54, 1.807) is 0 Å². The molecule has 1 aliphatic rings. The SMILES string of the molecule is C[C@H](CN)CC(=O)NN1CCOCC1. The first-order valence-corrected chi connectivity index (χ1v) is 5.04. The van der Waals surface area contributed by atoms with Gasteiger partial charge >= 0.3 is 0 Å². The number of morpholine rings is 1. The van der Waals surface area contributed by atoms with E-state index in [1.165, 1.54) is 0 Å². The number of hydrazine groups is 1. The quantitative estimate of drug-likeness (QED) is 0.633. The molecular weight excluding hydrogens is 182 g/mol. The molecule has 0 aromatic carbocycles. The van der Waals surface area contributed by atoms with Crippen molar-refractivity contribution in [3.05, 3.63) is 0 Å². The van der Waals surface area contributed by atoms with Crippen molar-refractivity contribution in [2.45, 2.75) is 13.3 Å². The van der Waals surface area contributed by atoms with Gasteiger partial charge in [-0.15, -0.1) is 0 Å². The molecule has 0 bridgehead atoms. The smallest absolute Gasteiger partial charge is 0.234 e. The predicted molar refractivity (Wildman–Crippen MR) is 53.4 cm³/mol. The number of nitrogens with zero attached hydrogens (tertiary/aromatic N) is 1. The Labute approximate surface area is 84.5 Å². The van der Waals surface area contributed by atoms with Crippen LogP contribution in [0.1, 0.15) is 13.3 Å². The summed E-state index contributed by atoms with van der Waals surface area (Å²) in [6, 6.07) is 0. The molecule has 0 radical (unpaired) electrons. The van der Waals surface area contributed by atoms with Gasteiger partial charge in [0, 0.05) is 19.5 Å². The molecule has 0 aromatic heterocycles. The molecule has 5 nitrogen and oxygen atoms in total. The first-order valence-electron chi connectivity index (χ1n) is 5.04. The molecule has 1 heterocycles. The molecule has 5 heteroatoms. The van der Waals surface area contributed by atoms with E-state index >= 15 is 0 Å². The molecule has 14 heavy (non-hydrogen) atoms. The molecule has 1 aliphatic heterocycles. The predicted octanol–water partition coefficient (Wildman–Crippen LogP) is -0.665.